The van der Waals surface area contributed by atoms with Gasteiger partial charge in [0.05, 0.1) is 12.6 Å². The highest BCUT2D eigenvalue weighted by molar-refractivity contribution is 5.81. The maximum Gasteiger partial charge on any atom is 0.419 e. The molecule has 1 rings (SSSR count). The van der Waals surface area contributed by atoms with Crippen molar-refractivity contribution in [3.63, 3.8) is 0 Å². The van der Waals surface area contributed by atoms with E-state index in [2.05, 4.69) is 0 Å². The Morgan fingerprint density at radius 2 is 2.13 bits per heavy atom. The van der Waals surface area contributed by atoms with Gasteiger partial charge in [-0.1, -0.05) is 0 Å². The Morgan fingerprint density at radius 1 is 1.60 bits per heavy atom. The van der Waals surface area contributed by atoms with E-state index in [1.165, 1.54) is 6.92 Å². The van der Waals surface area contributed by atoms with E-state index in [4.69, 9.17) is 5.73 Å². The van der Waals surface area contributed by atoms with Crippen molar-refractivity contribution >= 4 is 5.91 Å². The van der Waals surface area contributed by atoms with E-state index in [0.29, 0.717) is 0 Å². The Kier molecular flexibility index (Phi) is 2.97. The second kappa shape index (κ2) is 3.64. The Balaban J connectivity index is 2.71. The van der Waals surface area contributed by atoms with Crippen LogP contribution in [-0.4, -0.2) is 46.8 Å². The van der Waals surface area contributed by atoms with Crippen molar-refractivity contribution in [1.29, 1.82) is 0 Å². The SMILES string of the molecule is C[C@H](N)C(=O)N1CCC(O)(C(F)(F)F)C1. The minimum atomic E-state index is -4.71. The molecule has 4 nitrogen and oxygen atoms in total. The van der Waals surface area contributed by atoms with Crippen LogP contribution in [0.5, 0.6) is 0 Å². The molecule has 7 heteroatoms. The van der Waals surface area contributed by atoms with Crippen molar-refractivity contribution in [2.75, 3.05) is 13.1 Å². The molecule has 0 aromatic heterocycles. The highest BCUT2D eigenvalue weighted by Crippen LogP contribution is 2.37. The Labute approximate surface area is 84.8 Å². The number of alkyl halides is 3. The third kappa shape index (κ3) is 2.23. The van der Waals surface area contributed by atoms with E-state index < -0.39 is 36.7 Å². The molecule has 0 radical (unpaired) electrons. The average Bonchev–Trinajstić information content (AvgIpc) is 2.46. The number of carbonyl (C=O) groups is 1. The molecule has 15 heavy (non-hydrogen) atoms. The number of nitrogens with two attached hydrogens (primary N) is 1. The molecular formula is C8H13F3N2O2. The van der Waals surface area contributed by atoms with Gasteiger partial charge in [-0.2, -0.15) is 13.2 Å². The molecule has 1 heterocycles. The number of rotatable bonds is 1. The summed E-state index contributed by atoms with van der Waals surface area (Å²) in [6.07, 6.45) is -5.20. The molecule has 0 spiro atoms. The van der Waals surface area contributed by atoms with Gasteiger partial charge in [-0.15, -0.1) is 0 Å². The summed E-state index contributed by atoms with van der Waals surface area (Å²) in [5.74, 6) is -0.574. The molecule has 1 aliphatic rings. The molecular weight excluding hydrogens is 213 g/mol. The highest BCUT2D eigenvalue weighted by atomic mass is 19.4. The standard InChI is InChI=1S/C8H13F3N2O2/c1-5(12)6(14)13-3-2-7(15,4-13)8(9,10)11/h5,15H,2-4,12H2,1H3/t5-,7?/m0/s1. The third-order valence-electron chi connectivity index (χ3n) is 2.48. The van der Waals surface area contributed by atoms with Gasteiger partial charge in [0.15, 0.2) is 5.60 Å². The van der Waals surface area contributed by atoms with Gasteiger partial charge in [0.25, 0.3) is 0 Å². The first-order valence-electron chi connectivity index (χ1n) is 4.51. The van der Waals surface area contributed by atoms with E-state index in [-0.39, 0.29) is 6.54 Å². The van der Waals surface area contributed by atoms with Crippen LogP contribution in [0.1, 0.15) is 13.3 Å². The zero-order valence-corrected chi connectivity index (χ0v) is 8.21. The highest BCUT2D eigenvalue weighted by Gasteiger charge is 2.57. The van der Waals surface area contributed by atoms with Gasteiger partial charge in [0.2, 0.25) is 5.91 Å². The Morgan fingerprint density at radius 3 is 2.47 bits per heavy atom. The van der Waals surface area contributed by atoms with Crippen LogP contribution < -0.4 is 5.73 Å². The molecule has 0 aromatic rings. The van der Waals surface area contributed by atoms with Crippen LogP contribution in [0.25, 0.3) is 0 Å². The molecule has 88 valence electrons. The maximum atomic E-state index is 12.4. The van der Waals surface area contributed by atoms with Crippen LogP contribution >= 0.6 is 0 Å². The molecule has 2 atom stereocenters. The summed E-state index contributed by atoms with van der Waals surface area (Å²) in [6.45, 7) is 0.556. The lowest BCUT2D eigenvalue weighted by Crippen LogP contribution is -2.49. The van der Waals surface area contributed by atoms with Crippen LogP contribution in [0.4, 0.5) is 13.2 Å². The minimum Gasteiger partial charge on any atom is -0.379 e. The van der Waals surface area contributed by atoms with Crippen LogP contribution in [0.15, 0.2) is 0 Å². The van der Waals surface area contributed by atoms with Gasteiger partial charge >= 0.3 is 6.18 Å². The molecule has 0 aromatic carbocycles. The van der Waals surface area contributed by atoms with Crippen LogP contribution in [0.2, 0.25) is 0 Å². The van der Waals surface area contributed by atoms with Crippen molar-refractivity contribution in [2.45, 2.75) is 31.2 Å². The summed E-state index contributed by atoms with van der Waals surface area (Å²) >= 11 is 0. The number of likely N-dealkylation sites (tertiary alicyclic amines) is 1. The van der Waals surface area contributed by atoms with Crippen molar-refractivity contribution in [3.05, 3.63) is 0 Å². The monoisotopic (exact) mass is 226 g/mol. The minimum absolute atomic E-state index is 0.115. The largest absolute Gasteiger partial charge is 0.419 e. The predicted molar refractivity (Wildman–Crippen MR) is 45.9 cm³/mol. The molecule has 1 aliphatic heterocycles. The number of carbonyl (C=O) groups excluding carboxylic acids is 1. The number of aliphatic hydroxyl groups is 1. The molecule has 3 N–H and O–H groups in total. The van der Waals surface area contributed by atoms with Gasteiger partial charge in [0, 0.05) is 13.0 Å². The molecule has 0 bridgehead atoms. The normalized spacial score (nSPS) is 29.3. The lowest BCUT2D eigenvalue weighted by molar-refractivity contribution is -0.253. The van der Waals surface area contributed by atoms with Crippen LogP contribution in [-0.2, 0) is 4.79 Å². The molecule has 1 fully saturated rings. The van der Waals surface area contributed by atoms with E-state index in [0.717, 1.165) is 4.90 Å². The van der Waals surface area contributed by atoms with Crippen LogP contribution in [0.3, 0.4) is 0 Å². The summed E-state index contributed by atoms with van der Waals surface area (Å²) < 4.78 is 37.1. The second-order valence-corrected chi connectivity index (χ2v) is 3.83. The fraction of sp³-hybridized carbons (Fsp3) is 0.875. The number of halogens is 3. The summed E-state index contributed by atoms with van der Waals surface area (Å²) in [6, 6.07) is -0.847. The van der Waals surface area contributed by atoms with Crippen molar-refractivity contribution in [2.24, 2.45) is 5.73 Å². The molecule has 1 unspecified atom stereocenters. The second-order valence-electron chi connectivity index (χ2n) is 3.83. The van der Waals surface area contributed by atoms with Gasteiger partial charge in [-0.25, -0.2) is 0 Å². The number of β-amino-alcohol motifs (C(OH)–C–C–N with tert-alkyl or cyclic N) is 1. The zero-order valence-electron chi connectivity index (χ0n) is 8.21. The number of nitrogens with zero attached hydrogens (tertiary/aromatic N) is 1. The maximum absolute atomic E-state index is 12.4. The Hall–Kier alpha value is -0.820. The average molecular weight is 226 g/mol. The summed E-state index contributed by atoms with van der Waals surface area (Å²) in [4.78, 5) is 12.2. The van der Waals surface area contributed by atoms with E-state index >= 15 is 0 Å². The lowest BCUT2D eigenvalue weighted by Gasteiger charge is -2.26. The quantitative estimate of drug-likeness (QED) is 0.654. The molecule has 1 saturated heterocycles. The first kappa shape index (κ1) is 12.3. The number of amides is 1. The van der Waals surface area contributed by atoms with Gasteiger partial charge < -0.3 is 15.7 Å². The lowest BCUT2D eigenvalue weighted by atomic mass is 10.0. The smallest absolute Gasteiger partial charge is 0.379 e. The van der Waals surface area contributed by atoms with Gasteiger partial charge in [-0.05, 0) is 6.92 Å². The molecule has 0 aliphatic carbocycles. The van der Waals surface area contributed by atoms with E-state index in [1.807, 2.05) is 0 Å². The first-order valence-corrected chi connectivity index (χ1v) is 4.51. The first-order chi connectivity index (χ1) is 6.67. The fourth-order valence-corrected chi connectivity index (χ4v) is 1.50. The number of hydrogen-bond donors (Lipinski definition) is 2. The van der Waals surface area contributed by atoms with Crippen molar-refractivity contribution < 1.29 is 23.1 Å². The molecule has 1 amide bonds. The predicted octanol–water partition coefficient (Wildman–Crippen LogP) is -0.141. The number of hydrogen-bond acceptors (Lipinski definition) is 3. The summed E-state index contributed by atoms with van der Waals surface area (Å²) in [5.41, 5.74) is 2.48. The van der Waals surface area contributed by atoms with Gasteiger partial charge in [0.1, 0.15) is 0 Å². The van der Waals surface area contributed by atoms with Crippen molar-refractivity contribution in [1.82, 2.24) is 4.90 Å². The topological polar surface area (TPSA) is 66.6 Å². The van der Waals surface area contributed by atoms with Crippen molar-refractivity contribution in [3.8, 4) is 0 Å². The van der Waals surface area contributed by atoms with E-state index in [9.17, 15) is 23.1 Å². The Bertz CT molecular complexity index is 267. The zero-order chi connectivity index (χ0) is 11.9. The van der Waals surface area contributed by atoms with Gasteiger partial charge in [-0.3, -0.25) is 4.79 Å². The summed E-state index contributed by atoms with van der Waals surface area (Å²) in [5, 5.41) is 9.27. The summed E-state index contributed by atoms with van der Waals surface area (Å²) in [7, 11) is 0. The third-order valence-corrected chi connectivity index (χ3v) is 2.48. The fourth-order valence-electron chi connectivity index (χ4n) is 1.50. The molecule has 0 saturated carbocycles. The van der Waals surface area contributed by atoms with E-state index in [1.54, 1.807) is 0 Å². The van der Waals surface area contributed by atoms with Crippen LogP contribution in [0, 0.1) is 0 Å².